The number of carbonyl (C=O) groups is 1. The Balaban J connectivity index is 1.38. The number of nitriles is 1. The van der Waals surface area contributed by atoms with Gasteiger partial charge in [-0.3, -0.25) is 4.79 Å². The SMILES string of the molecule is Cc1ccc(NC(=O)C2(c3ccc4c(c3)OCO4)CC2)cc1-c1ccc(CC#N)cc1. The first-order chi connectivity index (χ1) is 15.1. The minimum Gasteiger partial charge on any atom is -0.454 e. The molecular formula is C26H22N2O3. The second kappa shape index (κ2) is 7.48. The summed E-state index contributed by atoms with van der Waals surface area (Å²) in [4.78, 5) is 13.2. The van der Waals surface area contributed by atoms with Crippen LogP contribution in [0.4, 0.5) is 5.69 Å². The number of hydrogen-bond donors (Lipinski definition) is 1. The Morgan fingerprint density at radius 3 is 2.55 bits per heavy atom. The van der Waals surface area contributed by atoms with Crippen molar-refractivity contribution in [2.45, 2.75) is 31.6 Å². The van der Waals surface area contributed by atoms with Crippen molar-refractivity contribution in [1.82, 2.24) is 0 Å². The lowest BCUT2D eigenvalue weighted by Crippen LogP contribution is -2.27. The number of rotatable bonds is 5. The van der Waals surface area contributed by atoms with Gasteiger partial charge in [-0.25, -0.2) is 0 Å². The predicted molar refractivity (Wildman–Crippen MR) is 118 cm³/mol. The van der Waals surface area contributed by atoms with Gasteiger partial charge in [0.25, 0.3) is 0 Å². The fourth-order valence-electron chi connectivity index (χ4n) is 4.12. The third kappa shape index (κ3) is 3.51. The summed E-state index contributed by atoms with van der Waals surface area (Å²) in [6.45, 7) is 2.28. The Bertz CT molecular complexity index is 1200. The van der Waals surface area contributed by atoms with Crippen LogP contribution in [0.2, 0.25) is 0 Å². The lowest BCUT2D eigenvalue weighted by molar-refractivity contribution is -0.118. The van der Waals surface area contributed by atoms with Crippen LogP contribution in [0.5, 0.6) is 11.5 Å². The molecule has 3 aromatic rings. The van der Waals surface area contributed by atoms with E-state index in [1.54, 1.807) is 0 Å². The molecule has 1 aliphatic carbocycles. The number of benzene rings is 3. The van der Waals surface area contributed by atoms with Gasteiger partial charge in [-0.15, -0.1) is 0 Å². The third-order valence-corrected chi connectivity index (χ3v) is 6.15. The minimum atomic E-state index is -0.509. The van der Waals surface area contributed by atoms with Crippen LogP contribution in [0.1, 0.15) is 29.5 Å². The van der Waals surface area contributed by atoms with E-state index in [1.165, 1.54) is 0 Å². The van der Waals surface area contributed by atoms with E-state index in [9.17, 15) is 4.79 Å². The number of aryl methyl sites for hydroxylation is 1. The molecule has 1 saturated carbocycles. The fraction of sp³-hybridized carbons (Fsp3) is 0.231. The first-order valence-electron chi connectivity index (χ1n) is 10.4. The van der Waals surface area contributed by atoms with Crippen molar-refractivity contribution in [3.8, 4) is 28.7 Å². The van der Waals surface area contributed by atoms with E-state index >= 15 is 0 Å². The summed E-state index contributed by atoms with van der Waals surface area (Å²) in [5, 5.41) is 12.0. The maximum absolute atomic E-state index is 13.2. The highest BCUT2D eigenvalue weighted by atomic mass is 16.7. The van der Waals surface area contributed by atoms with Crippen molar-refractivity contribution in [1.29, 1.82) is 5.26 Å². The van der Waals surface area contributed by atoms with E-state index in [4.69, 9.17) is 14.7 Å². The van der Waals surface area contributed by atoms with Gasteiger partial charge in [0.2, 0.25) is 12.7 Å². The number of anilines is 1. The lowest BCUT2D eigenvalue weighted by Gasteiger charge is -2.17. The fourth-order valence-corrected chi connectivity index (χ4v) is 4.12. The van der Waals surface area contributed by atoms with Gasteiger partial charge in [-0.1, -0.05) is 36.4 Å². The zero-order chi connectivity index (χ0) is 21.4. The van der Waals surface area contributed by atoms with Gasteiger partial charge in [0.05, 0.1) is 17.9 Å². The van der Waals surface area contributed by atoms with Crippen molar-refractivity contribution in [2.75, 3.05) is 12.1 Å². The van der Waals surface area contributed by atoms with Crippen LogP contribution in [-0.2, 0) is 16.6 Å². The molecule has 31 heavy (non-hydrogen) atoms. The Kier molecular flexibility index (Phi) is 4.63. The molecule has 0 bridgehead atoms. The summed E-state index contributed by atoms with van der Waals surface area (Å²) in [7, 11) is 0. The Labute approximate surface area is 181 Å². The molecule has 0 aromatic heterocycles. The second-order valence-corrected chi connectivity index (χ2v) is 8.17. The topological polar surface area (TPSA) is 71.3 Å². The van der Waals surface area contributed by atoms with E-state index in [1.807, 2.05) is 60.7 Å². The average Bonchev–Trinajstić information content (AvgIpc) is 3.47. The highest BCUT2D eigenvalue weighted by Gasteiger charge is 2.51. The van der Waals surface area contributed by atoms with Crippen molar-refractivity contribution in [3.05, 3.63) is 77.4 Å². The van der Waals surface area contributed by atoms with Crippen molar-refractivity contribution < 1.29 is 14.3 Å². The highest BCUT2D eigenvalue weighted by molar-refractivity contribution is 6.02. The maximum Gasteiger partial charge on any atom is 0.235 e. The van der Waals surface area contributed by atoms with Crippen LogP contribution in [0.25, 0.3) is 11.1 Å². The average molecular weight is 410 g/mol. The van der Waals surface area contributed by atoms with Crippen molar-refractivity contribution in [3.63, 3.8) is 0 Å². The number of fused-ring (bicyclic) bond motifs is 1. The molecule has 1 heterocycles. The van der Waals surface area contributed by atoms with E-state index in [2.05, 4.69) is 18.3 Å². The highest BCUT2D eigenvalue weighted by Crippen LogP contribution is 2.51. The monoisotopic (exact) mass is 410 g/mol. The van der Waals surface area contributed by atoms with Crippen LogP contribution in [0.3, 0.4) is 0 Å². The van der Waals surface area contributed by atoms with Crippen LogP contribution in [0.15, 0.2) is 60.7 Å². The molecule has 0 saturated heterocycles. The lowest BCUT2D eigenvalue weighted by atomic mass is 9.94. The van der Waals surface area contributed by atoms with Crippen LogP contribution >= 0.6 is 0 Å². The van der Waals surface area contributed by atoms with E-state index in [0.717, 1.165) is 52.1 Å². The van der Waals surface area contributed by atoms with Crippen molar-refractivity contribution >= 4 is 11.6 Å². The zero-order valence-electron chi connectivity index (χ0n) is 17.3. The third-order valence-electron chi connectivity index (χ3n) is 6.15. The predicted octanol–water partition coefficient (Wildman–Crippen LogP) is 5.13. The Morgan fingerprint density at radius 1 is 1.03 bits per heavy atom. The Morgan fingerprint density at radius 2 is 1.81 bits per heavy atom. The summed E-state index contributed by atoms with van der Waals surface area (Å²) in [5.74, 6) is 1.43. The molecule has 154 valence electrons. The molecule has 2 aliphatic rings. The van der Waals surface area contributed by atoms with Gasteiger partial charge in [0.1, 0.15) is 0 Å². The summed E-state index contributed by atoms with van der Waals surface area (Å²) in [5.41, 5.74) is 5.48. The number of nitrogens with one attached hydrogen (secondary N) is 1. The molecule has 1 N–H and O–H groups in total. The number of hydrogen-bond acceptors (Lipinski definition) is 4. The standard InChI is InChI=1S/C26H22N2O3/c1-17-2-8-21(15-22(17)19-5-3-18(4-6-19)10-13-27)28-25(29)26(11-12-26)20-7-9-23-24(14-20)31-16-30-23/h2-9,14-15H,10-12,16H2,1H3,(H,28,29). The number of nitrogens with zero attached hydrogens (tertiary/aromatic N) is 1. The molecule has 5 rings (SSSR count). The number of amides is 1. The summed E-state index contributed by atoms with van der Waals surface area (Å²) in [6, 6.07) is 21.9. The summed E-state index contributed by atoms with van der Waals surface area (Å²) in [6.07, 6.45) is 2.03. The molecule has 3 aromatic carbocycles. The molecule has 1 amide bonds. The minimum absolute atomic E-state index is 0.00513. The molecule has 0 spiro atoms. The van der Waals surface area contributed by atoms with E-state index in [0.29, 0.717) is 12.2 Å². The second-order valence-electron chi connectivity index (χ2n) is 8.17. The van der Waals surface area contributed by atoms with Gasteiger partial charge in [-0.2, -0.15) is 5.26 Å². The zero-order valence-corrected chi connectivity index (χ0v) is 17.3. The van der Waals surface area contributed by atoms with Crippen LogP contribution in [-0.4, -0.2) is 12.7 Å². The summed E-state index contributed by atoms with van der Waals surface area (Å²) >= 11 is 0. The van der Waals surface area contributed by atoms with E-state index in [-0.39, 0.29) is 12.7 Å². The molecule has 5 heteroatoms. The molecule has 5 nitrogen and oxygen atoms in total. The normalized spacial score (nSPS) is 15.2. The van der Waals surface area contributed by atoms with Crippen molar-refractivity contribution in [2.24, 2.45) is 0 Å². The van der Waals surface area contributed by atoms with Gasteiger partial charge >= 0.3 is 0 Å². The summed E-state index contributed by atoms with van der Waals surface area (Å²) < 4.78 is 10.9. The molecular weight excluding hydrogens is 388 g/mol. The molecule has 1 aliphatic heterocycles. The van der Waals surface area contributed by atoms with E-state index < -0.39 is 5.41 Å². The molecule has 0 radical (unpaired) electrons. The molecule has 0 atom stereocenters. The molecule has 0 unspecified atom stereocenters. The first kappa shape index (κ1) is 19.2. The molecule has 1 fully saturated rings. The first-order valence-corrected chi connectivity index (χ1v) is 10.4. The smallest absolute Gasteiger partial charge is 0.235 e. The van der Waals surface area contributed by atoms with Gasteiger partial charge in [-0.05, 0) is 71.8 Å². The van der Waals surface area contributed by atoms with Gasteiger partial charge < -0.3 is 14.8 Å². The number of carbonyl (C=O) groups excluding carboxylic acids is 1. The number of ether oxygens (including phenoxy) is 2. The Hall–Kier alpha value is -3.78. The largest absolute Gasteiger partial charge is 0.454 e. The maximum atomic E-state index is 13.2. The van der Waals surface area contributed by atoms with Gasteiger partial charge in [0.15, 0.2) is 11.5 Å². The van der Waals surface area contributed by atoms with Crippen LogP contribution < -0.4 is 14.8 Å². The van der Waals surface area contributed by atoms with Gasteiger partial charge in [0, 0.05) is 5.69 Å². The quantitative estimate of drug-likeness (QED) is 0.633. The van der Waals surface area contributed by atoms with Crippen LogP contribution in [0, 0.1) is 18.3 Å².